The Kier molecular flexibility index (Phi) is 4.42. The van der Waals surface area contributed by atoms with E-state index in [0.29, 0.717) is 23.2 Å². The molecule has 2 atom stereocenters. The van der Waals surface area contributed by atoms with E-state index in [1.54, 1.807) is 12.1 Å². The Morgan fingerprint density at radius 1 is 1.63 bits per heavy atom. The van der Waals surface area contributed by atoms with Crippen LogP contribution in [0.4, 0.5) is 0 Å². The van der Waals surface area contributed by atoms with Crippen molar-refractivity contribution >= 4 is 17.5 Å². The Bertz CT molecular complexity index is 449. The van der Waals surface area contributed by atoms with Crippen molar-refractivity contribution in [2.45, 2.75) is 38.2 Å². The minimum atomic E-state index is -0.771. The van der Waals surface area contributed by atoms with Gasteiger partial charge in [-0.1, -0.05) is 31.4 Å². The maximum Gasteiger partial charge on any atom is 0.252 e. The summed E-state index contributed by atoms with van der Waals surface area (Å²) in [7, 11) is 0. The molecule has 1 saturated carbocycles. The average Bonchev–Trinajstić information content (AvgIpc) is 2.37. The first-order valence-corrected chi connectivity index (χ1v) is 6.98. The van der Waals surface area contributed by atoms with Gasteiger partial charge in [0.2, 0.25) is 0 Å². The normalized spacial score (nSPS) is 27.0. The van der Waals surface area contributed by atoms with Crippen LogP contribution < -0.4 is 5.32 Å². The van der Waals surface area contributed by atoms with E-state index in [0.717, 1.165) is 25.7 Å². The largest absolute Gasteiger partial charge is 0.388 e. The summed E-state index contributed by atoms with van der Waals surface area (Å²) >= 11 is 5.67. The Morgan fingerprint density at radius 2 is 2.42 bits per heavy atom. The van der Waals surface area contributed by atoms with Crippen molar-refractivity contribution in [1.82, 2.24) is 10.3 Å². The number of halogens is 1. The fraction of sp³-hybridized carbons (Fsp3) is 0.571. The number of nitrogens with one attached hydrogen (secondary N) is 1. The van der Waals surface area contributed by atoms with Crippen LogP contribution in [0.25, 0.3) is 0 Å². The van der Waals surface area contributed by atoms with E-state index >= 15 is 0 Å². The second kappa shape index (κ2) is 5.88. The SMILES string of the molecule is CC1CCCC(O)(CNC(=O)c2ccc(Cl)nc2)C1. The van der Waals surface area contributed by atoms with E-state index in [-0.39, 0.29) is 5.91 Å². The Hall–Kier alpha value is -1.13. The van der Waals surface area contributed by atoms with Gasteiger partial charge in [-0.05, 0) is 30.9 Å². The van der Waals surface area contributed by atoms with E-state index < -0.39 is 5.60 Å². The zero-order valence-electron chi connectivity index (χ0n) is 11.0. The fourth-order valence-corrected chi connectivity index (χ4v) is 2.76. The number of aromatic nitrogens is 1. The molecule has 4 nitrogen and oxygen atoms in total. The minimum absolute atomic E-state index is 0.226. The van der Waals surface area contributed by atoms with Gasteiger partial charge in [-0.3, -0.25) is 4.79 Å². The number of aliphatic hydroxyl groups is 1. The molecule has 0 aromatic carbocycles. The first kappa shape index (κ1) is 14.3. The molecule has 19 heavy (non-hydrogen) atoms. The van der Waals surface area contributed by atoms with Gasteiger partial charge in [0.1, 0.15) is 5.15 Å². The molecule has 5 heteroatoms. The monoisotopic (exact) mass is 282 g/mol. The summed E-state index contributed by atoms with van der Waals surface area (Å²) in [6.45, 7) is 2.42. The zero-order valence-corrected chi connectivity index (χ0v) is 11.8. The van der Waals surface area contributed by atoms with Gasteiger partial charge in [-0.2, -0.15) is 0 Å². The van der Waals surface area contributed by atoms with Gasteiger partial charge in [-0.25, -0.2) is 4.98 Å². The topological polar surface area (TPSA) is 62.2 Å². The molecule has 2 rings (SSSR count). The summed E-state index contributed by atoms with van der Waals surface area (Å²) in [5, 5.41) is 13.6. The molecule has 1 aliphatic carbocycles. The van der Waals surface area contributed by atoms with Crippen molar-refractivity contribution in [3.8, 4) is 0 Å². The fourth-order valence-electron chi connectivity index (χ4n) is 2.65. The maximum absolute atomic E-state index is 11.9. The second-order valence-electron chi connectivity index (χ2n) is 5.48. The molecule has 0 radical (unpaired) electrons. The molecule has 2 N–H and O–H groups in total. The third kappa shape index (κ3) is 3.91. The van der Waals surface area contributed by atoms with Crippen molar-refractivity contribution in [2.24, 2.45) is 5.92 Å². The van der Waals surface area contributed by atoms with Crippen molar-refractivity contribution in [2.75, 3.05) is 6.54 Å². The molecule has 1 aromatic rings. The third-order valence-electron chi connectivity index (χ3n) is 3.64. The number of amides is 1. The van der Waals surface area contributed by atoms with E-state index in [1.165, 1.54) is 6.20 Å². The van der Waals surface area contributed by atoms with Crippen molar-refractivity contribution < 1.29 is 9.90 Å². The molecular weight excluding hydrogens is 264 g/mol. The zero-order chi connectivity index (χ0) is 13.9. The Morgan fingerprint density at radius 3 is 3.05 bits per heavy atom. The first-order valence-electron chi connectivity index (χ1n) is 6.61. The molecule has 0 saturated heterocycles. The van der Waals surface area contributed by atoms with Crippen LogP contribution in [0.15, 0.2) is 18.3 Å². The van der Waals surface area contributed by atoms with Gasteiger partial charge < -0.3 is 10.4 Å². The molecular formula is C14H19ClN2O2. The maximum atomic E-state index is 11.9. The van der Waals surface area contributed by atoms with E-state index in [1.807, 2.05) is 0 Å². The van der Waals surface area contributed by atoms with Gasteiger partial charge in [0.25, 0.3) is 5.91 Å². The predicted molar refractivity (Wildman–Crippen MR) is 74.2 cm³/mol. The number of carbonyl (C=O) groups excluding carboxylic acids is 1. The molecule has 1 aromatic heterocycles. The Labute approximate surface area is 118 Å². The lowest BCUT2D eigenvalue weighted by Crippen LogP contribution is -2.45. The lowest BCUT2D eigenvalue weighted by Gasteiger charge is -2.35. The van der Waals surface area contributed by atoms with Crippen LogP contribution >= 0.6 is 11.6 Å². The molecule has 1 heterocycles. The summed E-state index contributed by atoms with van der Waals surface area (Å²) in [6.07, 6.45) is 5.08. The summed E-state index contributed by atoms with van der Waals surface area (Å²) < 4.78 is 0. The number of hydrogen-bond acceptors (Lipinski definition) is 3. The summed E-state index contributed by atoms with van der Waals surface area (Å²) in [5.74, 6) is 0.281. The van der Waals surface area contributed by atoms with Crippen molar-refractivity contribution in [3.63, 3.8) is 0 Å². The highest BCUT2D eigenvalue weighted by Crippen LogP contribution is 2.31. The van der Waals surface area contributed by atoms with Crippen LogP contribution in [0.2, 0.25) is 5.15 Å². The van der Waals surface area contributed by atoms with E-state index in [2.05, 4.69) is 17.2 Å². The van der Waals surface area contributed by atoms with Crippen LogP contribution in [0, 0.1) is 5.92 Å². The molecule has 0 bridgehead atoms. The number of rotatable bonds is 3. The minimum Gasteiger partial charge on any atom is -0.388 e. The number of hydrogen-bond donors (Lipinski definition) is 2. The van der Waals surface area contributed by atoms with E-state index in [9.17, 15) is 9.90 Å². The Balaban J connectivity index is 1.91. The summed E-state index contributed by atoms with van der Waals surface area (Å²) in [4.78, 5) is 15.8. The second-order valence-corrected chi connectivity index (χ2v) is 5.87. The molecule has 1 amide bonds. The predicted octanol–water partition coefficient (Wildman–Crippen LogP) is 2.41. The highest BCUT2D eigenvalue weighted by molar-refractivity contribution is 6.29. The van der Waals surface area contributed by atoms with Gasteiger partial charge in [0.05, 0.1) is 11.2 Å². The van der Waals surface area contributed by atoms with Crippen LogP contribution in [0.3, 0.4) is 0 Å². The summed E-state index contributed by atoms with van der Waals surface area (Å²) in [5.41, 5.74) is -0.315. The molecule has 104 valence electrons. The van der Waals surface area contributed by atoms with Gasteiger partial charge in [0, 0.05) is 12.7 Å². The standard InChI is InChI=1S/C14H19ClN2O2/c1-10-3-2-6-14(19,7-10)9-17-13(18)11-4-5-12(15)16-8-11/h4-5,8,10,19H,2-3,6-7,9H2,1H3,(H,17,18). The van der Waals surface area contributed by atoms with Gasteiger partial charge >= 0.3 is 0 Å². The van der Waals surface area contributed by atoms with Crippen LogP contribution in [-0.4, -0.2) is 28.1 Å². The van der Waals surface area contributed by atoms with Crippen LogP contribution in [-0.2, 0) is 0 Å². The van der Waals surface area contributed by atoms with Crippen LogP contribution in [0.5, 0.6) is 0 Å². The lowest BCUT2D eigenvalue weighted by atomic mass is 9.79. The number of pyridine rings is 1. The smallest absolute Gasteiger partial charge is 0.252 e. The van der Waals surface area contributed by atoms with Gasteiger partial charge in [-0.15, -0.1) is 0 Å². The average molecular weight is 283 g/mol. The highest BCUT2D eigenvalue weighted by Gasteiger charge is 2.32. The molecule has 0 aliphatic heterocycles. The van der Waals surface area contributed by atoms with Crippen LogP contribution in [0.1, 0.15) is 43.0 Å². The van der Waals surface area contributed by atoms with Gasteiger partial charge in [0.15, 0.2) is 0 Å². The lowest BCUT2D eigenvalue weighted by molar-refractivity contribution is -0.0109. The first-order chi connectivity index (χ1) is 8.98. The molecule has 1 fully saturated rings. The van der Waals surface area contributed by atoms with E-state index in [4.69, 9.17) is 11.6 Å². The number of carbonyl (C=O) groups is 1. The quantitative estimate of drug-likeness (QED) is 0.837. The highest BCUT2D eigenvalue weighted by atomic mass is 35.5. The van der Waals surface area contributed by atoms with Crippen molar-refractivity contribution in [1.29, 1.82) is 0 Å². The number of nitrogens with zero attached hydrogens (tertiary/aromatic N) is 1. The van der Waals surface area contributed by atoms with Crippen molar-refractivity contribution in [3.05, 3.63) is 29.0 Å². The molecule has 0 spiro atoms. The summed E-state index contributed by atoms with van der Waals surface area (Å²) in [6, 6.07) is 3.20. The molecule has 1 aliphatic rings. The third-order valence-corrected chi connectivity index (χ3v) is 3.86. The molecule has 2 unspecified atom stereocenters.